The van der Waals surface area contributed by atoms with E-state index >= 15 is 0 Å². The number of guanidine groups is 1. The Morgan fingerprint density at radius 1 is 1.06 bits per heavy atom. The molecule has 35 heavy (non-hydrogen) atoms. The maximum Gasteiger partial charge on any atom is 0.321 e. The third-order valence-electron chi connectivity index (χ3n) is 4.85. The average molecular weight is 498 g/mol. The number of hydrogen-bond acceptors (Lipinski definition) is 6. The zero-order chi connectivity index (χ0) is 25.0. The molecule has 3 aromatic rings. The first-order valence-electron chi connectivity index (χ1n) is 11.0. The van der Waals surface area contributed by atoms with Gasteiger partial charge in [0.2, 0.25) is 5.96 Å². The fourth-order valence-electron chi connectivity index (χ4n) is 2.91. The van der Waals surface area contributed by atoms with Crippen molar-refractivity contribution in [1.82, 2.24) is 15.6 Å². The number of pyridine rings is 1. The molecule has 0 fully saturated rings. The molecule has 0 saturated carbocycles. The fraction of sp³-hybridized carbons (Fsp3) is 0.240. The lowest BCUT2D eigenvalue weighted by Crippen LogP contribution is -2.45. The van der Waals surface area contributed by atoms with E-state index < -0.39 is 11.9 Å². The third-order valence-corrected chi connectivity index (χ3v) is 5.11. The first kappa shape index (κ1) is 26.0. The second-order valence-electron chi connectivity index (χ2n) is 7.74. The molecule has 2 amide bonds. The lowest BCUT2D eigenvalue weighted by molar-refractivity contribution is 0.149. The summed E-state index contributed by atoms with van der Waals surface area (Å²) in [4.78, 5) is 21.0. The van der Waals surface area contributed by atoms with Crippen LogP contribution >= 0.6 is 11.6 Å². The number of ether oxygens (including phenoxy) is 1. The summed E-state index contributed by atoms with van der Waals surface area (Å²) in [6.45, 7) is 1.84. The Labute approximate surface area is 208 Å². The van der Waals surface area contributed by atoms with Gasteiger partial charge in [0.25, 0.3) is 0 Å². The molecule has 3 rings (SSSR count). The van der Waals surface area contributed by atoms with Gasteiger partial charge in [0.05, 0.1) is 6.54 Å². The summed E-state index contributed by atoms with van der Waals surface area (Å²) in [7, 11) is 0. The van der Waals surface area contributed by atoms with Crippen molar-refractivity contribution < 1.29 is 19.7 Å². The van der Waals surface area contributed by atoms with E-state index in [1.54, 1.807) is 48.7 Å². The van der Waals surface area contributed by atoms with Gasteiger partial charge in [0, 0.05) is 54.3 Å². The van der Waals surface area contributed by atoms with Crippen LogP contribution in [0.3, 0.4) is 0 Å². The zero-order valence-corrected chi connectivity index (χ0v) is 20.0. The number of amides is 2. The van der Waals surface area contributed by atoms with E-state index in [2.05, 4.69) is 25.9 Å². The molecular formula is C25H28ClN5O4. The number of nitrogens with zero attached hydrogens (tertiary/aromatic N) is 2. The zero-order valence-electron chi connectivity index (χ0n) is 19.2. The predicted octanol–water partition coefficient (Wildman–Crippen LogP) is 3.70. The topological polar surface area (TPSA) is 128 Å². The Balaban J connectivity index is 1.68. The second kappa shape index (κ2) is 13.3. The number of rotatable bonds is 9. The number of carbonyl (C=O) groups excluding carboxylic acids is 1. The van der Waals surface area contributed by atoms with Crippen molar-refractivity contribution in [1.29, 1.82) is 0 Å². The number of urea groups is 1. The highest BCUT2D eigenvalue weighted by Gasteiger charge is 2.11. The van der Waals surface area contributed by atoms with Gasteiger partial charge >= 0.3 is 6.03 Å². The normalized spacial score (nSPS) is 11.3. The van der Waals surface area contributed by atoms with Gasteiger partial charge in [0.1, 0.15) is 11.5 Å². The molecule has 9 nitrogen and oxygen atoms in total. The summed E-state index contributed by atoms with van der Waals surface area (Å²) in [5, 5.41) is 27.4. The van der Waals surface area contributed by atoms with Gasteiger partial charge in [-0.1, -0.05) is 23.7 Å². The van der Waals surface area contributed by atoms with Crippen molar-refractivity contribution in [3.63, 3.8) is 0 Å². The molecule has 5 N–H and O–H groups in total. The molecule has 0 spiro atoms. The quantitative estimate of drug-likeness (QED) is 0.226. The Kier molecular flexibility index (Phi) is 9.85. The van der Waals surface area contributed by atoms with Crippen LogP contribution in [-0.2, 0) is 6.54 Å². The molecule has 184 valence electrons. The molecule has 0 radical (unpaired) electrons. The van der Waals surface area contributed by atoms with E-state index in [-0.39, 0.29) is 25.7 Å². The number of benzene rings is 2. The molecule has 1 aromatic heterocycles. The molecule has 0 saturated heterocycles. The molecular weight excluding hydrogens is 470 g/mol. The molecule has 0 unspecified atom stereocenters. The van der Waals surface area contributed by atoms with Crippen LogP contribution in [0.15, 0.2) is 71.9 Å². The van der Waals surface area contributed by atoms with Crippen molar-refractivity contribution in [3.05, 3.63) is 83.1 Å². The van der Waals surface area contributed by atoms with Gasteiger partial charge in [0.15, 0.2) is 0 Å². The Hall–Kier alpha value is -3.66. The van der Waals surface area contributed by atoms with Gasteiger partial charge in [-0.15, -0.1) is 0 Å². The molecule has 1 heterocycles. The first-order valence-corrected chi connectivity index (χ1v) is 11.4. The molecule has 2 aromatic carbocycles. The molecule has 0 atom stereocenters. The van der Waals surface area contributed by atoms with Crippen molar-refractivity contribution >= 4 is 29.3 Å². The molecule has 10 heteroatoms. The summed E-state index contributed by atoms with van der Waals surface area (Å²) in [5.74, 6) is 1.11. The van der Waals surface area contributed by atoms with E-state index in [1.807, 2.05) is 25.1 Å². The molecule has 0 aliphatic carbocycles. The van der Waals surface area contributed by atoms with E-state index in [0.29, 0.717) is 28.8 Å². The Morgan fingerprint density at radius 2 is 1.77 bits per heavy atom. The number of aromatic nitrogens is 1. The predicted molar refractivity (Wildman–Crippen MR) is 136 cm³/mol. The van der Waals surface area contributed by atoms with Crippen LogP contribution in [0.4, 0.5) is 10.5 Å². The summed E-state index contributed by atoms with van der Waals surface area (Å²) >= 11 is 5.94. The van der Waals surface area contributed by atoms with E-state index in [1.165, 1.54) is 0 Å². The van der Waals surface area contributed by atoms with Crippen molar-refractivity contribution in [2.75, 3.05) is 25.1 Å². The van der Waals surface area contributed by atoms with E-state index in [4.69, 9.17) is 16.3 Å². The van der Waals surface area contributed by atoms with Gasteiger partial charge in [-0.2, -0.15) is 0 Å². The van der Waals surface area contributed by atoms with Gasteiger partial charge in [-0.05, 0) is 55.0 Å². The van der Waals surface area contributed by atoms with Gasteiger partial charge in [-0.25, -0.2) is 9.79 Å². The lowest BCUT2D eigenvalue weighted by Gasteiger charge is -2.15. The third kappa shape index (κ3) is 8.90. The largest absolute Gasteiger partial charge is 0.457 e. The number of aliphatic hydroxyl groups excluding tert-OH is 2. The monoisotopic (exact) mass is 497 g/mol. The van der Waals surface area contributed by atoms with Crippen molar-refractivity contribution in [2.45, 2.75) is 13.5 Å². The summed E-state index contributed by atoms with van der Waals surface area (Å²) < 4.78 is 5.84. The number of aliphatic imine (C=N–C) groups is 1. The number of nitrogens with one attached hydrogen (secondary N) is 3. The minimum absolute atomic E-state index is 0.115. The highest BCUT2D eigenvalue weighted by molar-refractivity contribution is 6.30. The molecule has 0 aliphatic rings. The van der Waals surface area contributed by atoms with Crippen LogP contribution in [0, 0.1) is 12.8 Å². The second-order valence-corrected chi connectivity index (χ2v) is 8.18. The first-order chi connectivity index (χ1) is 16.9. The van der Waals surface area contributed by atoms with Crippen LogP contribution in [0.5, 0.6) is 11.5 Å². The summed E-state index contributed by atoms with van der Waals surface area (Å²) in [5.41, 5.74) is 2.45. The van der Waals surface area contributed by atoms with Crippen LogP contribution < -0.4 is 20.7 Å². The SMILES string of the molecule is Cc1cc(Oc2ccc(NC(=NCc3ccc(Cl)cc3)NC(=O)NCC(CO)CO)cc2)ccn1. The minimum atomic E-state index is -0.521. The Morgan fingerprint density at radius 3 is 2.43 bits per heavy atom. The molecule has 0 aliphatic heterocycles. The van der Waals surface area contributed by atoms with Gasteiger partial charge in [-0.3, -0.25) is 10.3 Å². The summed E-state index contributed by atoms with van der Waals surface area (Å²) in [6, 6.07) is 17.5. The van der Waals surface area contributed by atoms with Crippen molar-refractivity contribution in [2.24, 2.45) is 10.9 Å². The lowest BCUT2D eigenvalue weighted by atomic mass is 10.2. The molecule has 0 bridgehead atoms. The number of carbonyl (C=O) groups is 1. The fourth-order valence-corrected chi connectivity index (χ4v) is 3.03. The van der Waals surface area contributed by atoms with Crippen LogP contribution in [0.2, 0.25) is 5.02 Å². The van der Waals surface area contributed by atoms with E-state index in [9.17, 15) is 15.0 Å². The highest BCUT2D eigenvalue weighted by Crippen LogP contribution is 2.23. The van der Waals surface area contributed by atoms with Gasteiger partial charge < -0.3 is 25.6 Å². The van der Waals surface area contributed by atoms with Crippen molar-refractivity contribution in [3.8, 4) is 11.5 Å². The number of aliphatic hydroxyl groups is 2. The van der Waals surface area contributed by atoms with Crippen LogP contribution in [0.1, 0.15) is 11.3 Å². The van der Waals surface area contributed by atoms with E-state index in [0.717, 1.165) is 11.3 Å². The maximum atomic E-state index is 12.4. The minimum Gasteiger partial charge on any atom is -0.457 e. The number of aryl methyl sites for hydroxylation is 1. The maximum absolute atomic E-state index is 12.4. The summed E-state index contributed by atoms with van der Waals surface area (Å²) in [6.07, 6.45) is 1.68. The number of anilines is 1. The smallest absolute Gasteiger partial charge is 0.321 e. The average Bonchev–Trinajstić information content (AvgIpc) is 2.85. The number of halogens is 1. The van der Waals surface area contributed by atoms with Crippen LogP contribution in [-0.4, -0.2) is 46.9 Å². The number of hydrogen-bond donors (Lipinski definition) is 5. The van der Waals surface area contributed by atoms with Crippen LogP contribution in [0.25, 0.3) is 0 Å². The highest BCUT2D eigenvalue weighted by atomic mass is 35.5. The Bertz CT molecular complexity index is 1120. The standard InChI is InChI=1S/C25H28ClN5O4/c1-17-12-23(10-11-27-17)35-22-8-6-21(7-9-22)30-24(28-13-18-2-4-20(26)5-3-18)31-25(34)29-14-19(15-32)16-33/h2-12,19,32-33H,13-16H2,1H3,(H3,28,29,30,31,34).